The Morgan fingerprint density at radius 2 is 2.10 bits per heavy atom. The molecule has 1 heterocycles. The first-order valence-corrected chi connectivity index (χ1v) is 2.27. The van der Waals surface area contributed by atoms with Crippen LogP contribution in [-0.2, 0) is 0 Å². The van der Waals surface area contributed by atoms with E-state index < -0.39 is 5.95 Å². The Morgan fingerprint density at radius 1 is 1.40 bits per heavy atom. The molecular formula is C4H6ClFN4. The van der Waals surface area contributed by atoms with Crippen LogP contribution >= 0.6 is 12.4 Å². The van der Waals surface area contributed by atoms with Crippen LogP contribution in [0.4, 0.5) is 10.2 Å². The summed E-state index contributed by atoms with van der Waals surface area (Å²) in [7, 11) is 0. The first-order valence-electron chi connectivity index (χ1n) is 2.27. The van der Waals surface area contributed by atoms with Crippen LogP contribution < -0.4 is 11.3 Å². The van der Waals surface area contributed by atoms with E-state index in [1.54, 1.807) is 0 Å². The molecule has 56 valence electrons. The molecule has 1 aromatic rings. The summed E-state index contributed by atoms with van der Waals surface area (Å²) in [6, 6.07) is 0. The fraction of sp³-hybridized carbons (Fsp3) is 0. The maximum Gasteiger partial charge on any atom is 0.231 e. The van der Waals surface area contributed by atoms with Crippen molar-refractivity contribution in [3.63, 3.8) is 0 Å². The number of rotatable bonds is 1. The zero-order valence-electron chi connectivity index (χ0n) is 4.91. The SMILES string of the molecule is Cl.NNc1cnc(F)cn1. The van der Waals surface area contributed by atoms with Crippen LogP contribution in [0.25, 0.3) is 0 Å². The van der Waals surface area contributed by atoms with Gasteiger partial charge in [0.05, 0.1) is 12.4 Å². The average molecular weight is 165 g/mol. The number of hydrogen-bond acceptors (Lipinski definition) is 4. The minimum Gasteiger partial charge on any atom is -0.307 e. The molecule has 0 spiro atoms. The van der Waals surface area contributed by atoms with Crippen molar-refractivity contribution in [3.8, 4) is 0 Å². The summed E-state index contributed by atoms with van der Waals surface area (Å²) in [5, 5.41) is 0. The topological polar surface area (TPSA) is 63.8 Å². The zero-order chi connectivity index (χ0) is 6.69. The molecule has 0 saturated heterocycles. The van der Waals surface area contributed by atoms with Gasteiger partial charge in [-0.3, -0.25) is 0 Å². The summed E-state index contributed by atoms with van der Waals surface area (Å²) in [6.07, 6.45) is 2.19. The molecule has 1 rings (SSSR count). The van der Waals surface area contributed by atoms with Gasteiger partial charge in [0.25, 0.3) is 0 Å². The Hall–Kier alpha value is -0.940. The molecule has 10 heavy (non-hydrogen) atoms. The van der Waals surface area contributed by atoms with Gasteiger partial charge in [0.1, 0.15) is 0 Å². The molecular weight excluding hydrogens is 159 g/mol. The summed E-state index contributed by atoms with van der Waals surface area (Å²) >= 11 is 0. The quantitative estimate of drug-likeness (QED) is 0.464. The molecule has 0 saturated carbocycles. The van der Waals surface area contributed by atoms with E-state index in [9.17, 15) is 4.39 Å². The van der Waals surface area contributed by atoms with E-state index in [-0.39, 0.29) is 12.4 Å². The molecule has 1 aromatic heterocycles. The number of anilines is 1. The van der Waals surface area contributed by atoms with E-state index in [1.165, 1.54) is 6.20 Å². The normalized spacial score (nSPS) is 8.20. The largest absolute Gasteiger partial charge is 0.307 e. The molecule has 0 bridgehead atoms. The van der Waals surface area contributed by atoms with Gasteiger partial charge in [0.2, 0.25) is 5.95 Å². The van der Waals surface area contributed by atoms with Gasteiger partial charge in [-0.2, -0.15) is 4.39 Å². The Kier molecular flexibility index (Phi) is 3.60. The van der Waals surface area contributed by atoms with Gasteiger partial charge >= 0.3 is 0 Å². The van der Waals surface area contributed by atoms with E-state index >= 15 is 0 Å². The van der Waals surface area contributed by atoms with Crippen molar-refractivity contribution in [3.05, 3.63) is 18.3 Å². The van der Waals surface area contributed by atoms with E-state index in [0.717, 1.165) is 6.20 Å². The molecule has 0 unspecified atom stereocenters. The van der Waals surface area contributed by atoms with Gasteiger partial charge in [-0.05, 0) is 0 Å². The first-order chi connectivity index (χ1) is 4.33. The predicted octanol–water partition coefficient (Wildman–Crippen LogP) is 0.323. The van der Waals surface area contributed by atoms with Crippen LogP contribution in [0.3, 0.4) is 0 Å². The van der Waals surface area contributed by atoms with Crippen molar-refractivity contribution in [1.29, 1.82) is 0 Å². The number of hydrazine groups is 1. The van der Waals surface area contributed by atoms with Crippen molar-refractivity contribution in [2.45, 2.75) is 0 Å². The third-order valence-corrected chi connectivity index (χ3v) is 0.768. The predicted molar refractivity (Wildman–Crippen MR) is 37.0 cm³/mol. The van der Waals surface area contributed by atoms with Gasteiger partial charge in [0, 0.05) is 0 Å². The van der Waals surface area contributed by atoms with Crippen LogP contribution in [0.15, 0.2) is 12.4 Å². The highest BCUT2D eigenvalue weighted by Crippen LogP contribution is 1.95. The number of halogens is 2. The lowest BCUT2D eigenvalue weighted by molar-refractivity contribution is 0.577. The molecule has 0 aliphatic heterocycles. The summed E-state index contributed by atoms with van der Waals surface area (Å²) < 4.78 is 12.0. The third-order valence-electron chi connectivity index (χ3n) is 0.768. The standard InChI is InChI=1S/C4H5FN4.ClH/c5-3-1-8-4(9-6)2-7-3;/h1-2H,6H2,(H,8,9);1H. The molecule has 0 radical (unpaired) electrons. The molecule has 0 amide bonds. The highest BCUT2D eigenvalue weighted by Gasteiger charge is 1.90. The zero-order valence-corrected chi connectivity index (χ0v) is 5.73. The molecule has 0 aliphatic carbocycles. The summed E-state index contributed by atoms with van der Waals surface area (Å²) in [5.74, 6) is 4.65. The summed E-state index contributed by atoms with van der Waals surface area (Å²) in [4.78, 5) is 6.80. The monoisotopic (exact) mass is 164 g/mol. The maximum atomic E-state index is 12.0. The lowest BCUT2D eigenvalue weighted by atomic mass is 10.7. The molecule has 0 aliphatic rings. The number of nitrogens with two attached hydrogens (primary N) is 1. The van der Waals surface area contributed by atoms with Crippen molar-refractivity contribution in [2.24, 2.45) is 5.84 Å². The Bertz CT molecular complexity index is 189. The first kappa shape index (κ1) is 9.06. The second-order valence-corrected chi connectivity index (χ2v) is 1.37. The molecule has 4 nitrogen and oxygen atoms in total. The minimum absolute atomic E-state index is 0. The van der Waals surface area contributed by atoms with Crippen LogP contribution in [0, 0.1) is 5.95 Å². The Balaban J connectivity index is 0.000000810. The fourth-order valence-corrected chi connectivity index (χ4v) is 0.387. The molecule has 0 aromatic carbocycles. The number of nitrogens with zero attached hydrogens (tertiary/aromatic N) is 2. The summed E-state index contributed by atoms with van der Waals surface area (Å²) in [6.45, 7) is 0. The molecule has 6 heteroatoms. The van der Waals surface area contributed by atoms with Gasteiger partial charge in [-0.25, -0.2) is 15.8 Å². The lowest BCUT2D eigenvalue weighted by Crippen LogP contribution is -2.08. The van der Waals surface area contributed by atoms with E-state index in [1.807, 2.05) is 0 Å². The van der Waals surface area contributed by atoms with Crippen LogP contribution in [0.5, 0.6) is 0 Å². The van der Waals surface area contributed by atoms with Crippen LogP contribution in [0.2, 0.25) is 0 Å². The maximum absolute atomic E-state index is 12.0. The number of hydrogen-bond donors (Lipinski definition) is 2. The number of aromatic nitrogens is 2. The molecule has 0 fully saturated rings. The van der Waals surface area contributed by atoms with Crippen LogP contribution in [-0.4, -0.2) is 9.97 Å². The van der Waals surface area contributed by atoms with Crippen molar-refractivity contribution < 1.29 is 4.39 Å². The van der Waals surface area contributed by atoms with Crippen molar-refractivity contribution >= 4 is 18.2 Å². The number of nitrogens with one attached hydrogen (secondary N) is 1. The highest BCUT2D eigenvalue weighted by molar-refractivity contribution is 5.85. The smallest absolute Gasteiger partial charge is 0.231 e. The Morgan fingerprint density at radius 3 is 2.50 bits per heavy atom. The third kappa shape index (κ3) is 2.12. The Labute approximate surface area is 63.0 Å². The van der Waals surface area contributed by atoms with E-state index in [0.29, 0.717) is 5.82 Å². The van der Waals surface area contributed by atoms with Gasteiger partial charge in [0.15, 0.2) is 5.82 Å². The van der Waals surface area contributed by atoms with Crippen LogP contribution in [0.1, 0.15) is 0 Å². The second kappa shape index (κ2) is 3.97. The van der Waals surface area contributed by atoms with Gasteiger partial charge in [-0.1, -0.05) is 0 Å². The number of nitrogen functional groups attached to an aromatic ring is 1. The molecule has 3 N–H and O–H groups in total. The second-order valence-electron chi connectivity index (χ2n) is 1.37. The average Bonchev–Trinajstić information content (AvgIpc) is 1.90. The lowest BCUT2D eigenvalue weighted by Gasteiger charge is -1.93. The highest BCUT2D eigenvalue weighted by atomic mass is 35.5. The summed E-state index contributed by atoms with van der Waals surface area (Å²) in [5.41, 5.74) is 2.21. The van der Waals surface area contributed by atoms with Crippen molar-refractivity contribution in [2.75, 3.05) is 5.43 Å². The van der Waals surface area contributed by atoms with Gasteiger partial charge < -0.3 is 5.43 Å². The minimum atomic E-state index is -0.617. The van der Waals surface area contributed by atoms with Crippen molar-refractivity contribution in [1.82, 2.24) is 9.97 Å². The van der Waals surface area contributed by atoms with E-state index in [2.05, 4.69) is 15.4 Å². The molecule has 0 atom stereocenters. The van der Waals surface area contributed by atoms with E-state index in [4.69, 9.17) is 5.84 Å². The fourth-order valence-electron chi connectivity index (χ4n) is 0.387. The van der Waals surface area contributed by atoms with Gasteiger partial charge in [-0.15, -0.1) is 12.4 Å².